The van der Waals surface area contributed by atoms with Crippen LogP contribution >= 0.6 is 0 Å². The van der Waals surface area contributed by atoms with E-state index in [-0.39, 0.29) is 5.92 Å². The summed E-state index contributed by atoms with van der Waals surface area (Å²) in [5.74, 6) is 3.21. The normalized spacial score (nSPS) is 32.0. The number of carbonyl (C=O) groups is 1. The minimum Gasteiger partial charge on any atom is -0.336 e. The molecule has 25 heavy (non-hydrogen) atoms. The fourth-order valence-electron chi connectivity index (χ4n) is 5.50. The van der Waals surface area contributed by atoms with Crippen LogP contribution in [-0.2, 0) is 24.8 Å². The first-order chi connectivity index (χ1) is 12.0. The van der Waals surface area contributed by atoms with E-state index in [0.29, 0.717) is 36.2 Å². The van der Waals surface area contributed by atoms with E-state index in [9.17, 15) is 4.79 Å². The van der Waals surface area contributed by atoms with Crippen LogP contribution in [0, 0.1) is 17.8 Å². The lowest BCUT2D eigenvalue weighted by atomic mass is 9.65. The molecule has 4 rings (SSSR count). The van der Waals surface area contributed by atoms with Crippen molar-refractivity contribution in [3.63, 3.8) is 0 Å². The van der Waals surface area contributed by atoms with E-state index in [4.69, 9.17) is 10.7 Å². The monoisotopic (exact) mass is 344 g/mol. The highest BCUT2D eigenvalue weighted by Gasteiger charge is 2.42. The third-order valence-electron chi connectivity index (χ3n) is 6.88. The summed E-state index contributed by atoms with van der Waals surface area (Å²) in [5.41, 5.74) is 8.82. The SMILES string of the molecule is CC(C)c1nc2c(n1C)CCN(C(=O)C1CC3CCCC(C1)C3N)C2. The van der Waals surface area contributed by atoms with Crippen molar-refractivity contribution in [2.45, 2.75) is 70.9 Å². The first kappa shape index (κ1) is 17.1. The molecule has 0 saturated heterocycles. The maximum Gasteiger partial charge on any atom is 0.226 e. The van der Waals surface area contributed by atoms with Gasteiger partial charge >= 0.3 is 0 Å². The van der Waals surface area contributed by atoms with Crippen LogP contribution < -0.4 is 5.73 Å². The lowest BCUT2D eigenvalue weighted by Crippen LogP contribution is -2.50. The number of imidazole rings is 1. The Balaban J connectivity index is 1.48. The van der Waals surface area contributed by atoms with E-state index in [1.54, 1.807) is 0 Å². The number of rotatable bonds is 2. The zero-order valence-corrected chi connectivity index (χ0v) is 15.9. The van der Waals surface area contributed by atoms with Gasteiger partial charge in [0.15, 0.2) is 0 Å². The maximum atomic E-state index is 13.2. The van der Waals surface area contributed by atoms with Crippen molar-refractivity contribution in [2.24, 2.45) is 30.5 Å². The Kier molecular flexibility index (Phi) is 4.38. The molecule has 2 bridgehead atoms. The van der Waals surface area contributed by atoms with Gasteiger partial charge in [-0.3, -0.25) is 4.79 Å². The molecular formula is C20H32N4O. The molecule has 0 radical (unpaired) electrons. The average molecular weight is 345 g/mol. The standard InChI is InChI=1S/C20H32N4O/c1-12(2)19-22-16-11-24(8-7-17(16)23(19)3)20(25)15-9-13-5-4-6-14(10-15)18(13)21/h12-15,18H,4-11,21H2,1-3H3. The molecule has 2 atom stereocenters. The molecule has 2 unspecified atom stereocenters. The number of hydrogen-bond donors (Lipinski definition) is 1. The first-order valence-corrected chi connectivity index (χ1v) is 10.0. The van der Waals surface area contributed by atoms with Gasteiger partial charge in [0.2, 0.25) is 5.91 Å². The molecule has 5 heteroatoms. The van der Waals surface area contributed by atoms with Crippen molar-refractivity contribution in [2.75, 3.05) is 6.54 Å². The Bertz CT molecular complexity index is 651. The van der Waals surface area contributed by atoms with Crippen LogP contribution in [0.2, 0.25) is 0 Å². The van der Waals surface area contributed by atoms with Crippen LogP contribution in [0.1, 0.15) is 69.1 Å². The number of carbonyl (C=O) groups excluding carboxylic acids is 1. The molecule has 2 saturated carbocycles. The molecule has 0 aromatic carbocycles. The second kappa shape index (κ2) is 6.42. The Morgan fingerprint density at radius 2 is 1.92 bits per heavy atom. The minimum atomic E-state index is 0.185. The van der Waals surface area contributed by atoms with Crippen molar-refractivity contribution in [1.29, 1.82) is 0 Å². The van der Waals surface area contributed by atoms with Gasteiger partial charge in [0.25, 0.3) is 0 Å². The largest absolute Gasteiger partial charge is 0.336 e. The molecule has 0 spiro atoms. The van der Waals surface area contributed by atoms with Crippen LogP contribution in [0.4, 0.5) is 0 Å². The number of amides is 1. The van der Waals surface area contributed by atoms with Gasteiger partial charge in [0.1, 0.15) is 5.82 Å². The number of fused-ring (bicyclic) bond motifs is 3. The lowest BCUT2D eigenvalue weighted by Gasteiger charge is -2.44. The third kappa shape index (κ3) is 2.90. The summed E-state index contributed by atoms with van der Waals surface area (Å²) in [6.45, 7) is 5.88. The highest BCUT2D eigenvalue weighted by Crippen LogP contribution is 2.42. The van der Waals surface area contributed by atoms with Crippen molar-refractivity contribution < 1.29 is 4.79 Å². The Labute approximate surface area is 151 Å². The molecule has 138 valence electrons. The summed E-state index contributed by atoms with van der Waals surface area (Å²) in [4.78, 5) is 20.1. The molecule has 2 heterocycles. The first-order valence-electron chi connectivity index (χ1n) is 10.0. The topological polar surface area (TPSA) is 64.2 Å². The maximum absolute atomic E-state index is 13.2. The van der Waals surface area contributed by atoms with Gasteiger partial charge in [-0.1, -0.05) is 20.3 Å². The lowest BCUT2D eigenvalue weighted by molar-refractivity contribution is -0.139. The Hall–Kier alpha value is -1.36. The molecule has 2 aliphatic carbocycles. The molecule has 1 aromatic heterocycles. The van der Waals surface area contributed by atoms with E-state index >= 15 is 0 Å². The zero-order valence-electron chi connectivity index (χ0n) is 15.9. The predicted molar refractivity (Wildman–Crippen MR) is 97.9 cm³/mol. The van der Waals surface area contributed by atoms with Crippen LogP contribution in [0.5, 0.6) is 0 Å². The van der Waals surface area contributed by atoms with Crippen molar-refractivity contribution >= 4 is 5.91 Å². The number of aromatic nitrogens is 2. The van der Waals surface area contributed by atoms with Crippen molar-refractivity contribution in [1.82, 2.24) is 14.5 Å². The Morgan fingerprint density at radius 1 is 1.24 bits per heavy atom. The summed E-state index contributed by atoms with van der Waals surface area (Å²) in [5, 5.41) is 0. The van der Waals surface area contributed by atoms with Gasteiger partial charge < -0.3 is 15.2 Å². The highest BCUT2D eigenvalue weighted by atomic mass is 16.2. The summed E-state index contributed by atoms with van der Waals surface area (Å²) in [6.07, 6.45) is 6.64. The van der Waals surface area contributed by atoms with E-state index in [0.717, 1.165) is 37.3 Å². The van der Waals surface area contributed by atoms with Gasteiger partial charge in [0, 0.05) is 43.6 Å². The Morgan fingerprint density at radius 3 is 2.56 bits per heavy atom. The van der Waals surface area contributed by atoms with E-state index in [2.05, 4.69) is 30.4 Å². The van der Waals surface area contributed by atoms with E-state index < -0.39 is 0 Å². The van der Waals surface area contributed by atoms with Crippen LogP contribution in [0.15, 0.2) is 0 Å². The van der Waals surface area contributed by atoms with Gasteiger partial charge in [-0.05, 0) is 37.5 Å². The van der Waals surface area contributed by atoms with Crippen molar-refractivity contribution in [3.8, 4) is 0 Å². The van der Waals surface area contributed by atoms with Crippen LogP contribution in [0.3, 0.4) is 0 Å². The molecule has 2 fully saturated rings. The zero-order chi connectivity index (χ0) is 17.7. The van der Waals surface area contributed by atoms with Gasteiger partial charge in [-0.2, -0.15) is 0 Å². The van der Waals surface area contributed by atoms with E-state index in [1.165, 1.54) is 25.0 Å². The summed E-state index contributed by atoms with van der Waals surface area (Å²) < 4.78 is 2.24. The fourth-order valence-corrected chi connectivity index (χ4v) is 5.50. The average Bonchev–Trinajstić information content (AvgIpc) is 2.90. The van der Waals surface area contributed by atoms with Crippen LogP contribution in [-0.4, -0.2) is 32.9 Å². The number of hydrogen-bond acceptors (Lipinski definition) is 3. The summed E-state index contributed by atoms with van der Waals surface area (Å²) >= 11 is 0. The van der Waals surface area contributed by atoms with Gasteiger partial charge in [-0.15, -0.1) is 0 Å². The molecule has 1 aliphatic heterocycles. The van der Waals surface area contributed by atoms with E-state index in [1.807, 2.05) is 0 Å². The molecule has 1 amide bonds. The number of nitrogens with zero attached hydrogens (tertiary/aromatic N) is 3. The highest BCUT2D eigenvalue weighted by molar-refractivity contribution is 5.79. The summed E-state index contributed by atoms with van der Waals surface area (Å²) in [7, 11) is 2.11. The predicted octanol–water partition coefficient (Wildman–Crippen LogP) is 2.58. The minimum absolute atomic E-state index is 0.185. The fraction of sp³-hybridized carbons (Fsp3) is 0.800. The molecule has 5 nitrogen and oxygen atoms in total. The second-order valence-electron chi connectivity index (χ2n) is 8.78. The van der Waals surface area contributed by atoms with Gasteiger partial charge in [0.05, 0.1) is 12.2 Å². The number of nitrogens with two attached hydrogens (primary N) is 1. The quantitative estimate of drug-likeness (QED) is 0.897. The molecule has 3 aliphatic rings. The molecule has 1 aromatic rings. The molecular weight excluding hydrogens is 312 g/mol. The third-order valence-corrected chi connectivity index (χ3v) is 6.88. The second-order valence-corrected chi connectivity index (χ2v) is 8.78. The van der Waals surface area contributed by atoms with Gasteiger partial charge in [-0.25, -0.2) is 4.98 Å². The molecule has 2 N–H and O–H groups in total. The van der Waals surface area contributed by atoms with Crippen molar-refractivity contribution in [3.05, 3.63) is 17.2 Å². The summed E-state index contributed by atoms with van der Waals surface area (Å²) in [6, 6.07) is 0.329. The van der Waals surface area contributed by atoms with Crippen LogP contribution in [0.25, 0.3) is 0 Å². The smallest absolute Gasteiger partial charge is 0.226 e.